The number of rotatable bonds is 2. The standard InChI is InChI=1S/C11H11BrF3NS/c12-9-5-7(11(13,14)15)1-2-10(9)16-8-3-4-17-6-8/h1-2,5,8,16H,3-4,6H2. The molecule has 0 bridgehead atoms. The summed E-state index contributed by atoms with van der Waals surface area (Å²) in [5, 5.41) is 3.25. The number of hydrogen-bond donors (Lipinski definition) is 1. The van der Waals surface area contributed by atoms with E-state index < -0.39 is 11.7 Å². The zero-order valence-electron chi connectivity index (χ0n) is 8.85. The molecule has 0 saturated carbocycles. The highest BCUT2D eigenvalue weighted by atomic mass is 79.9. The van der Waals surface area contributed by atoms with Gasteiger partial charge in [0.2, 0.25) is 0 Å². The molecule has 1 atom stereocenters. The van der Waals surface area contributed by atoms with Gasteiger partial charge in [-0.1, -0.05) is 0 Å². The zero-order valence-corrected chi connectivity index (χ0v) is 11.3. The Morgan fingerprint density at radius 1 is 1.35 bits per heavy atom. The van der Waals surface area contributed by atoms with Crippen LogP contribution in [0.1, 0.15) is 12.0 Å². The number of hydrogen-bond acceptors (Lipinski definition) is 2. The van der Waals surface area contributed by atoms with Crippen LogP contribution in [0.15, 0.2) is 22.7 Å². The summed E-state index contributed by atoms with van der Waals surface area (Å²) in [7, 11) is 0. The Kier molecular flexibility index (Phi) is 3.92. The van der Waals surface area contributed by atoms with Gasteiger partial charge in [0.25, 0.3) is 0 Å². The summed E-state index contributed by atoms with van der Waals surface area (Å²) in [4.78, 5) is 0. The van der Waals surface area contributed by atoms with Crippen molar-refractivity contribution in [1.29, 1.82) is 0 Å². The second kappa shape index (κ2) is 5.10. The molecule has 17 heavy (non-hydrogen) atoms. The molecule has 1 aliphatic heterocycles. The molecule has 1 heterocycles. The fourth-order valence-electron chi connectivity index (χ4n) is 1.68. The Balaban J connectivity index is 2.14. The summed E-state index contributed by atoms with van der Waals surface area (Å²) in [6.07, 6.45) is -3.23. The van der Waals surface area contributed by atoms with Crippen molar-refractivity contribution in [3.8, 4) is 0 Å². The van der Waals surface area contributed by atoms with Crippen LogP contribution in [0.4, 0.5) is 18.9 Å². The van der Waals surface area contributed by atoms with Gasteiger partial charge < -0.3 is 5.32 Å². The van der Waals surface area contributed by atoms with Crippen molar-refractivity contribution in [1.82, 2.24) is 0 Å². The monoisotopic (exact) mass is 325 g/mol. The summed E-state index contributed by atoms with van der Waals surface area (Å²) in [5.41, 5.74) is 0.0984. The second-order valence-electron chi connectivity index (χ2n) is 3.90. The van der Waals surface area contributed by atoms with Crippen molar-refractivity contribution in [2.24, 2.45) is 0 Å². The zero-order chi connectivity index (χ0) is 12.5. The van der Waals surface area contributed by atoms with Gasteiger partial charge in [0, 0.05) is 22.0 Å². The summed E-state index contributed by atoms with van der Waals surface area (Å²) in [6.45, 7) is 0. The smallest absolute Gasteiger partial charge is 0.381 e. The molecule has 0 aliphatic carbocycles. The Labute approximate surface area is 110 Å². The van der Waals surface area contributed by atoms with Crippen molar-refractivity contribution in [3.63, 3.8) is 0 Å². The number of nitrogens with one attached hydrogen (secondary N) is 1. The average Bonchev–Trinajstić information content (AvgIpc) is 2.72. The first-order chi connectivity index (χ1) is 7.97. The van der Waals surface area contributed by atoms with Crippen LogP contribution in [0.2, 0.25) is 0 Å². The molecule has 1 unspecified atom stereocenters. The minimum Gasteiger partial charge on any atom is -0.381 e. The maximum Gasteiger partial charge on any atom is 0.416 e. The SMILES string of the molecule is FC(F)(F)c1ccc(NC2CCSC2)c(Br)c1. The normalized spacial score (nSPS) is 20.6. The molecule has 6 heteroatoms. The Hall–Kier alpha value is -0.360. The third kappa shape index (κ3) is 3.31. The lowest BCUT2D eigenvalue weighted by Crippen LogP contribution is -2.18. The van der Waals surface area contributed by atoms with Crippen LogP contribution in [0.5, 0.6) is 0 Å². The van der Waals surface area contributed by atoms with Crippen molar-refractivity contribution in [3.05, 3.63) is 28.2 Å². The number of benzene rings is 1. The van der Waals surface area contributed by atoms with E-state index in [0.717, 1.165) is 35.7 Å². The van der Waals surface area contributed by atoms with Gasteiger partial charge in [-0.15, -0.1) is 0 Å². The van der Waals surface area contributed by atoms with Crippen molar-refractivity contribution in [2.45, 2.75) is 18.6 Å². The third-order valence-corrected chi connectivity index (χ3v) is 4.40. The fraction of sp³-hybridized carbons (Fsp3) is 0.455. The molecule has 1 aromatic rings. The van der Waals surface area contributed by atoms with E-state index in [4.69, 9.17) is 0 Å². The van der Waals surface area contributed by atoms with Crippen LogP contribution in [0, 0.1) is 0 Å². The summed E-state index contributed by atoms with van der Waals surface area (Å²) < 4.78 is 37.8. The van der Waals surface area contributed by atoms with Crippen molar-refractivity contribution >= 4 is 33.4 Å². The summed E-state index contributed by atoms with van der Waals surface area (Å²) >= 11 is 5.03. The maximum atomic E-state index is 12.5. The molecular formula is C11H11BrF3NS. The lowest BCUT2D eigenvalue weighted by molar-refractivity contribution is -0.137. The quantitative estimate of drug-likeness (QED) is 0.865. The van der Waals surface area contributed by atoms with E-state index >= 15 is 0 Å². The molecule has 1 aliphatic rings. The second-order valence-corrected chi connectivity index (χ2v) is 5.90. The maximum absolute atomic E-state index is 12.5. The van der Waals surface area contributed by atoms with Crippen LogP contribution in [-0.4, -0.2) is 17.5 Å². The first-order valence-electron chi connectivity index (χ1n) is 5.18. The van der Waals surface area contributed by atoms with E-state index in [9.17, 15) is 13.2 Å². The van der Waals surface area contributed by atoms with Gasteiger partial charge in [0.15, 0.2) is 0 Å². The molecule has 0 radical (unpaired) electrons. The van der Waals surface area contributed by atoms with Crippen LogP contribution in [-0.2, 0) is 6.18 Å². The number of thioether (sulfide) groups is 1. The average molecular weight is 326 g/mol. The van der Waals surface area contributed by atoms with Gasteiger partial charge in [-0.05, 0) is 46.3 Å². The summed E-state index contributed by atoms with van der Waals surface area (Å²) in [5.74, 6) is 2.11. The number of halogens is 4. The Bertz CT molecular complexity index is 402. The minimum atomic E-state index is -4.29. The van der Waals surface area contributed by atoms with Gasteiger partial charge in [0.05, 0.1) is 5.56 Å². The van der Waals surface area contributed by atoms with Crippen LogP contribution >= 0.6 is 27.7 Å². The van der Waals surface area contributed by atoms with E-state index in [-0.39, 0.29) is 0 Å². The number of alkyl halides is 3. The number of anilines is 1. The van der Waals surface area contributed by atoms with Crippen LogP contribution in [0.25, 0.3) is 0 Å². The summed E-state index contributed by atoms with van der Waals surface area (Å²) in [6, 6.07) is 4.06. The highest BCUT2D eigenvalue weighted by Gasteiger charge is 2.31. The van der Waals surface area contributed by atoms with Gasteiger partial charge in [-0.25, -0.2) is 0 Å². The highest BCUT2D eigenvalue weighted by Crippen LogP contribution is 2.34. The van der Waals surface area contributed by atoms with Crippen LogP contribution in [0.3, 0.4) is 0 Å². The van der Waals surface area contributed by atoms with E-state index in [1.54, 1.807) is 0 Å². The van der Waals surface area contributed by atoms with E-state index in [1.165, 1.54) is 6.07 Å². The fourth-order valence-corrected chi connectivity index (χ4v) is 3.32. The molecule has 0 spiro atoms. The van der Waals surface area contributed by atoms with Gasteiger partial charge in [0.1, 0.15) is 0 Å². The molecule has 94 valence electrons. The lowest BCUT2D eigenvalue weighted by atomic mass is 10.2. The predicted octanol–water partition coefficient (Wildman–Crippen LogP) is 4.39. The van der Waals surface area contributed by atoms with Crippen LogP contribution < -0.4 is 5.32 Å². The van der Waals surface area contributed by atoms with E-state index in [0.29, 0.717) is 10.5 Å². The Morgan fingerprint density at radius 3 is 2.65 bits per heavy atom. The first kappa shape index (κ1) is 13.1. The highest BCUT2D eigenvalue weighted by molar-refractivity contribution is 9.10. The molecule has 1 aromatic carbocycles. The molecular weight excluding hydrogens is 315 g/mol. The van der Waals surface area contributed by atoms with E-state index in [1.807, 2.05) is 11.8 Å². The Morgan fingerprint density at radius 2 is 2.12 bits per heavy atom. The molecule has 1 fully saturated rings. The molecule has 1 saturated heterocycles. The predicted molar refractivity (Wildman–Crippen MR) is 68.5 cm³/mol. The molecule has 1 nitrogen and oxygen atoms in total. The lowest BCUT2D eigenvalue weighted by Gasteiger charge is -2.15. The molecule has 0 aromatic heterocycles. The first-order valence-corrected chi connectivity index (χ1v) is 7.12. The van der Waals surface area contributed by atoms with Crippen molar-refractivity contribution in [2.75, 3.05) is 16.8 Å². The minimum absolute atomic E-state index is 0.355. The topological polar surface area (TPSA) is 12.0 Å². The van der Waals surface area contributed by atoms with Crippen molar-refractivity contribution < 1.29 is 13.2 Å². The van der Waals surface area contributed by atoms with E-state index in [2.05, 4.69) is 21.2 Å². The van der Waals surface area contributed by atoms with Gasteiger partial charge in [-0.3, -0.25) is 0 Å². The molecule has 0 amide bonds. The van der Waals surface area contributed by atoms with Gasteiger partial charge >= 0.3 is 6.18 Å². The third-order valence-electron chi connectivity index (χ3n) is 2.59. The van der Waals surface area contributed by atoms with Gasteiger partial charge in [-0.2, -0.15) is 24.9 Å². The molecule has 1 N–H and O–H groups in total. The molecule has 2 rings (SSSR count). The largest absolute Gasteiger partial charge is 0.416 e.